The Balaban J connectivity index is 1.31. The van der Waals surface area contributed by atoms with Crippen LogP contribution in [0, 0.1) is 5.82 Å². The number of hydrogen-bond acceptors (Lipinski definition) is 4. The van der Waals surface area contributed by atoms with Gasteiger partial charge in [-0.3, -0.25) is 0 Å². The molecule has 2 N–H and O–H groups in total. The maximum atomic E-state index is 13.1. The Morgan fingerprint density at radius 3 is 2.39 bits per heavy atom. The SMILES string of the molecule is CCc1c(C2CCN(CCCSc3ccc(F)cc3)CC2)c2ccc(O)cc2n1-c1ccc(C(=O)O)cc1. The number of halogens is 1. The van der Waals surface area contributed by atoms with E-state index in [2.05, 4.69) is 16.4 Å². The Bertz CT molecular complexity index is 1410. The van der Waals surface area contributed by atoms with Crippen LogP contribution in [0.4, 0.5) is 4.39 Å². The number of piperidine rings is 1. The van der Waals surface area contributed by atoms with Gasteiger partial charge in [0.1, 0.15) is 11.6 Å². The number of aromatic hydroxyl groups is 1. The summed E-state index contributed by atoms with van der Waals surface area (Å²) in [5.41, 5.74) is 4.71. The minimum Gasteiger partial charge on any atom is -0.508 e. The lowest BCUT2D eigenvalue weighted by atomic mass is 9.87. The molecule has 5 rings (SSSR count). The van der Waals surface area contributed by atoms with E-state index in [-0.39, 0.29) is 17.1 Å². The number of likely N-dealkylation sites (tertiary alicyclic amines) is 1. The molecule has 3 aromatic carbocycles. The van der Waals surface area contributed by atoms with Gasteiger partial charge >= 0.3 is 5.97 Å². The molecule has 0 bridgehead atoms. The van der Waals surface area contributed by atoms with Crippen molar-refractivity contribution in [1.82, 2.24) is 9.47 Å². The van der Waals surface area contributed by atoms with E-state index < -0.39 is 5.97 Å². The van der Waals surface area contributed by atoms with Gasteiger partial charge in [-0.15, -0.1) is 11.8 Å². The van der Waals surface area contributed by atoms with E-state index in [4.69, 9.17) is 0 Å². The molecule has 1 fully saturated rings. The second kappa shape index (κ2) is 11.6. The van der Waals surface area contributed by atoms with Gasteiger partial charge in [-0.25, -0.2) is 9.18 Å². The number of phenols is 1. The molecule has 2 heterocycles. The maximum absolute atomic E-state index is 13.1. The number of aromatic nitrogens is 1. The van der Waals surface area contributed by atoms with Crippen LogP contribution in [0.5, 0.6) is 5.75 Å². The fourth-order valence-electron chi connectivity index (χ4n) is 5.66. The number of phenolic OH excluding ortho intramolecular Hbond substituents is 1. The molecule has 0 spiro atoms. The van der Waals surface area contributed by atoms with Crippen molar-refractivity contribution in [2.24, 2.45) is 0 Å². The summed E-state index contributed by atoms with van der Waals surface area (Å²) in [4.78, 5) is 15.0. The van der Waals surface area contributed by atoms with Crippen molar-refractivity contribution < 1.29 is 19.4 Å². The third kappa shape index (κ3) is 5.59. The summed E-state index contributed by atoms with van der Waals surface area (Å²) in [6.07, 6.45) is 4.09. The smallest absolute Gasteiger partial charge is 0.335 e. The van der Waals surface area contributed by atoms with Crippen LogP contribution in [-0.4, -0.2) is 51.0 Å². The van der Waals surface area contributed by atoms with Crippen molar-refractivity contribution in [3.63, 3.8) is 0 Å². The summed E-state index contributed by atoms with van der Waals surface area (Å²) in [6.45, 7) is 5.32. The van der Waals surface area contributed by atoms with Gasteiger partial charge in [0.25, 0.3) is 0 Å². The first-order valence-electron chi connectivity index (χ1n) is 13.2. The molecule has 1 saturated heterocycles. The van der Waals surface area contributed by atoms with E-state index in [1.807, 2.05) is 36.4 Å². The van der Waals surface area contributed by atoms with Gasteiger partial charge in [0.2, 0.25) is 0 Å². The number of thioether (sulfide) groups is 1. The van der Waals surface area contributed by atoms with E-state index in [9.17, 15) is 19.4 Å². The first-order chi connectivity index (χ1) is 18.4. The molecule has 0 saturated carbocycles. The summed E-state index contributed by atoms with van der Waals surface area (Å²) in [5.74, 6) is 0.536. The monoisotopic (exact) mass is 532 g/mol. The topological polar surface area (TPSA) is 65.7 Å². The summed E-state index contributed by atoms with van der Waals surface area (Å²) in [7, 11) is 0. The molecule has 0 unspecified atom stereocenters. The molecular weight excluding hydrogens is 499 g/mol. The van der Waals surface area contributed by atoms with Crippen molar-refractivity contribution in [2.75, 3.05) is 25.4 Å². The average molecular weight is 533 g/mol. The predicted octanol–water partition coefficient (Wildman–Crippen LogP) is 7.10. The number of nitrogens with zero attached hydrogens (tertiary/aromatic N) is 2. The Kier molecular flexibility index (Phi) is 8.05. The Labute approximate surface area is 226 Å². The average Bonchev–Trinajstić information content (AvgIpc) is 3.25. The molecule has 38 heavy (non-hydrogen) atoms. The lowest BCUT2D eigenvalue weighted by Gasteiger charge is -2.32. The number of benzene rings is 3. The molecule has 5 nitrogen and oxygen atoms in total. The maximum Gasteiger partial charge on any atom is 0.335 e. The van der Waals surface area contributed by atoms with E-state index >= 15 is 0 Å². The molecule has 1 aliphatic heterocycles. The number of carboxylic acids is 1. The zero-order chi connectivity index (χ0) is 26.6. The van der Waals surface area contributed by atoms with Crippen molar-refractivity contribution >= 4 is 28.6 Å². The molecule has 198 valence electrons. The number of rotatable bonds is 9. The Morgan fingerprint density at radius 1 is 1.03 bits per heavy atom. The van der Waals surface area contributed by atoms with Crippen LogP contribution in [0.1, 0.15) is 53.7 Å². The van der Waals surface area contributed by atoms with Crippen LogP contribution in [0.25, 0.3) is 16.6 Å². The highest BCUT2D eigenvalue weighted by molar-refractivity contribution is 7.99. The van der Waals surface area contributed by atoms with E-state index in [1.54, 1.807) is 30.0 Å². The minimum atomic E-state index is -0.941. The predicted molar refractivity (Wildman–Crippen MR) is 151 cm³/mol. The molecule has 7 heteroatoms. The number of hydrogen-bond donors (Lipinski definition) is 2. The fourth-order valence-corrected chi connectivity index (χ4v) is 6.50. The van der Waals surface area contributed by atoms with Crippen molar-refractivity contribution in [3.8, 4) is 11.4 Å². The standard InChI is InChI=1S/C31H33FN2O3S/c1-2-28-30(21-14-17-33(18-15-21)16-3-19-38-26-11-6-23(32)7-12-26)27-13-10-25(35)20-29(27)34(28)24-8-4-22(5-9-24)31(36)37/h4-13,20-21,35H,2-3,14-19H2,1H3,(H,36,37). The van der Waals surface area contributed by atoms with Gasteiger partial charge in [-0.1, -0.05) is 6.92 Å². The molecule has 4 aromatic rings. The van der Waals surface area contributed by atoms with Crippen LogP contribution in [-0.2, 0) is 6.42 Å². The van der Waals surface area contributed by atoms with Gasteiger partial charge in [-0.05, 0) is 123 Å². The van der Waals surface area contributed by atoms with Crippen molar-refractivity contribution in [1.29, 1.82) is 0 Å². The molecule has 0 amide bonds. The minimum absolute atomic E-state index is 0.195. The summed E-state index contributed by atoms with van der Waals surface area (Å²) >= 11 is 1.78. The van der Waals surface area contributed by atoms with Gasteiger partial charge < -0.3 is 19.7 Å². The van der Waals surface area contributed by atoms with Crippen LogP contribution in [0.3, 0.4) is 0 Å². The van der Waals surface area contributed by atoms with Crippen molar-refractivity contribution in [3.05, 3.63) is 89.4 Å². The Hall–Kier alpha value is -3.29. The van der Waals surface area contributed by atoms with E-state index in [0.29, 0.717) is 5.92 Å². The largest absolute Gasteiger partial charge is 0.508 e. The highest BCUT2D eigenvalue weighted by Crippen LogP contribution is 2.40. The molecule has 0 atom stereocenters. The first kappa shape index (κ1) is 26.3. The molecular formula is C31H33FN2O3S. The Morgan fingerprint density at radius 2 is 1.74 bits per heavy atom. The van der Waals surface area contributed by atoms with E-state index in [0.717, 1.165) is 72.6 Å². The van der Waals surface area contributed by atoms with Gasteiger partial charge in [-0.2, -0.15) is 0 Å². The zero-order valence-corrected chi connectivity index (χ0v) is 22.4. The van der Waals surface area contributed by atoms with Gasteiger partial charge in [0.15, 0.2) is 0 Å². The third-order valence-electron chi connectivity index (χ3n) is 7.50. The molecule has 1 aliphatic rings. The second-order valence-corrected chi connectivity index (χ2v) is 11.0. The fraction of sp³-hybridized carbons (Fsp3) is 0.323. The highest BCUT2D eigenvalue weighted by Gasteiger charge is 2.27. The highest BCUT2D eigenvalue weighted by atomic mass is 32.2. The number of carbonyl (C=O) groups is 1. The number of fused-ring (bicyclic) bond motifs is 1. The van der Waals surface area contributed by atoms with Gasteiger partial charge in [0, 0.05) is 27.7 Å². The summed E-state index contributed by atoms with van der Waals surface area (Å²) in [6, 6.07) is 19.3. The molecule has 0 aliphatic carbocycles. The lowest BCUT2D eigenvalue weighted by molar-refractivity contribution is 0.0697. The van der Waals surface area contributed by atoms with Crippen LogP contribution in [0.15, 0.2) is 71.6 Å². The normalized spacial score (nSPS) is 14.8. The van der Waals surface area contributed by atoms with Crippen molar-refractivity contribution in [2.45, 2.75) is 43.4 Å². The summed E-state index contributed by atoms with van der Waals surface area (Å²) < 4.78 is 15.3. The van der Waals surface area contributed by atoms with Gasteiger partial charge in [0.05, 0.1) is 11.1 Å². The second-order valence-electron chi connectivity index (χ2n) is 9.87. The molecule has 1 aromatic heterocycles. The summed E-state index contributed by atoms with van der Waals surface area (Å²) in [5, 5.41) is 20.8. The van der Waals surface area contributed by atoms with Crippen LogP contribution in [0.2, 0.25) is 0 Å². The first-order valence-corrected chi connectivity index (χ1v) is 14.2. The third-order valence-corrected chi connectivity index (χ3v) is 8.60. The van der Waals surface area contributed by atoms with Crippen LogP contribution >= 0.6 is 11.8 Å². The zero-order valence-electron chi connectivity index (χ0n) is 21.6. The van der Waals surface area contributed by atoms with Crippen LogP contribution < -0.4 is 0 Å². The number of aromatic carboxylic acids is 1. The molecule has 0 radical (unpaired) electrons. The quantitative estimate of drug-likeness (QED) is 0.178. The number of carboxylic acid groups (broad SMARTS) is 1. The van der Waals surface area contributed by atoms with E-state index in [1.165, 1.54) is 23.4 Å². The lowest BCUT2D eigenvalue weighted by Crippen LogP contribution is -2.34.